The summed E-state index contributed by atoms with van der Waals surface area (Å²) in [4.78, 5) is 11.5. The molecule has 0 atom stereocenters. The van der Waals surface area contributed by atoms with Gasteiger partial charge in [0.25, 0.3) is 0 Å². The van der Waals surface area contributed by atoms with Crippen molar-refractivity contribution in [1.29, 1.82) is 0 Å². The Hall–Kier alpha value is -2.16. The molecule has 0 saturated heterocycles. The highest BCUT2D eigenvalue weighted by molar-refractivity contribution is 5.96. The van der Waals surface area contributed by atoms with Crippen LogP contribution in [-0.4, -0.2) is 5.78 Å². The predicted molar refractivity (Wildman–Crippen MR) is 77.0 cm³/mol. The molecule has 0 spiro atoms. The Labute approximate surface area is 118 Å². The third kappa shape index (κ3) is 3.05. The van der Waals surface area contributed by atoms with Crippen molar-refractivity contribution >= 4 is 5.78 Å². The zero-order valence-corrected chi connectivity index (χ0v) is 11.8. The minimum absolute atomic E-state index is 0.0164. The number of hydrogen-bond acceptors (Lipinski definition) is 2. The first-order valence-electron chi connectivity index (χ1n) is 6.56. The van der Waals surface area contributed by atoms with Gasteiger partial charge in [-0.25, -0.2) is 4.39 Å². The molecular formula is C17H17FO2. The third-order valence-corrected chi connectivity index (χ3v) is 3.11. The van der Waals surface area contributed by atoms with Gasteiger partial charge < -0.3 is 4.74 Å². The van der Waals surface area contributed by atoms with Gasteiger partial charge in [0, 0.05) is 0 Å². The lowest BCUT2D eigenvalue weighted by Crippen LogP contribution is -1.99. The van der Waals surface area contributed by atoms with E-state index in [2.05, 4.69) is 13.8 Å². The number of rotatable bonds is 4. The molecule has 2 aromatic rings. The summed E-state index contributed by atoms with van der Waals surface area (Å²) in [5.41, 5.74) is 1.43. The molecule has 0 heterocycles. The molecule has 0 unspecified atom stereocenters. The van der Waals surface area contributed by atoms with Gasteiger partial charge in [0.05, 0.1) is 5.56 Å². The van der Waals surface area contributed by atoms with Crippen molar-refractivity contribution in [2.24, 2.45) is 0 Å². The van der Waals surface area contributed by atoms with Crippen LogP contribution in [0.4, 0.5) is 4.39 Å². The fourth-order valence-corrected chi connectivity index (χ4v) is 1.93. The number of ketones is 1. The minimum Gasteiger partial charge on any atom is -0.454 e. The van der Waals surface area contributed by atoms with Gasteiger partial charge in [-0.05, 0) is 42.7 Å². The zero-order chi connectivity index (χ0) is 14.7. The number of benzene rings is 2. The first kappa shape index (κ1) is 14.3. The molecule has 0 N–H and O–H groups in total. The molecule has 104 valence electrons. The predicted octanol–water partition coefficient (Wildman–Crippen LogP) is 4.94. The summed E-state index contributed by atoms with van der Waals surface area (Å²) >= 11 is 0. The molecule has 0 aliphatic rings. The second-order valence-corrected chi connectivity index (χ2v) is 5.00. The molecule has 2 rings (SSSR count). The average molecular weight is 272 g/mol. The summed E-state index contributed by atoms with van der Waals surface area (Å²) in [5.74, 6) is 0.161. The third-order valence-electron chi connectivity index (χ3n) is 3.11. The molecule has 2 nitrogen and oxygen atoms in total. The van der Waals surface area contributed by atoms with Crippen molar-refractivity contribution in [1.82, 2.24) is 0 Å². The van der Waals surface area contributed by atoms with Crippen molar-refractivity contribution in [2.45, 2.75) is 26.7 Å². The Morgan fingerprint density at radius 1 is 1.10 bits per heavy atom. The van der Waals surface area contributed by atoms with E-state index >= 15 is 0 Å². The van der Waals surface area contributed by atoms with Crippen LogP contribution in [0.5, 0.6) is 11.5 Å². The number of ether oxygens (including phenoxy) is 1. The smallest absolute Gasteiger partial charge is 0.173 e. The molecule has 2 aromatic carbocycles. The van der Waals surface area contributed by atoms with Crippen LogP contribution in [-0.2, 0) is 0 Å². The second-order valence-electron chi connectivity index (χ2n) is 5.00. The first-order chi connectivity index (χ1) is 9.49. The van der Waals surface area contributed by atoms with Gasteiger partial charge in [0.1, 0.15) is 5.75 Å². The average Bonchev–Trinajstić information content (AvgIpc) is 2.41. The fourth-order valence-electron chi connectivity index (χ4n) is 1.93. The molecular weight excluding hydrogens is 255 g/mol. The fraction of sp³-hybridized carbons (Fsp3) is 0.235. The molecule has 0 aliphatic heterocycles. The topological polar surface area (TPSA) is 26.3 Å². The molecule has 0 aliphatic carbocycles. The Bertz CT molecular complexity index is 615. The Kier molecular flexibility index (Phi) is 4.18. The van der Waals surface area contributed by atoms with Crippen molar-refractivity contribution in [3.8, 4) is 11.5 Å². The minimum atomic E-state index is -0.536. The maximum Gasteiger partial charge on any atom is 0.173 e. The maximum atomic E-state index is 13.8. The van der Waals surface area contributed by atoms with Crippen LogP contribution in [0.2, 0.25) is 0 Å². The van der Waals surface area contributed by atoms with Gasteiger partial charge in [-0.15, -0.1) is 0 Å². The number of halogens is 1. The van der Waals surface area contributed by atoms with E-state index in [1.165, 1.54) is 24.6 Å². The standard InChI is InChI=1S/C17H17FO2/c1-11(2)13-7-9-14(10-8-13)20-17-15(12(3)19)5-4-6-16(17)18/h4-11H,1-3H3. The summed E-state index contributed by atoms with van der Waals surface area (Å²) in [6, 6.07) is 11.8. The van der Waals surface area contributed by atoms with E-state index in [9.17, 15) is 9.18 Å². The van der Waals surface area contributed by atoms with Crippen LogP contribution in [0, 0.1) is 5.82 Å². The normalized spacial score (nSPS) is 10.7. The molecule has 0 saturated carbocycles. The van der Waals surface area contributed by atoms with E-state index < -0.39 is 5.82 Å². The quantitative estimate of drug-likeness (QED) is 0.736. The van der Waals surface area contributed by atoms with Crippen LogP contribution >= 0.6 is 0 Å². The number of para-hydroxylation sites is 1. The van der Waals surface area contributed by atoms with Gasteiger partial charge in [-0.2, -0.15) is 0 Å². The van der Waals surface area contributed by atoms with Crippen molar-refractivity contribution in [2.75, 3.05) is 0 Å². The Morgan fingerprint density at radius 2 is 1.75 bits per heavy atom. The highest BCUT2D eigenvalue weighted by Gasteiger charge is 2.14. The van der Waals surface area contributed by atoms with Gasteiger partial charge >= 0.3 is 0 Å². The maximum absolute atomic E-state index is 13.8. The highest BCUT2D eigenvalue weighted by atomic mass is 19.1. The van der Waals surface area contributed by atoms with E-state index in [0.717, 1.165) is 0 Å². The second kappa shape index (κ2) is 5.87. The number of carbonyl (C=O) groups excluding carboxylic acids is 1. The number of hydrogen-bond donors (Lipinski definition) is 0. The van der Waals surface area contributed by atoms with Crippen molar-refractivity contribution in [3.05, 3.63) is 59.4 Å². The van der Waals surface area contributed by atoms with E-state index in [1.807, 2.05) is 12.1 Å². The van der Waals surface area contributed by atoms with Crippen molar-refractivity contribution in [3.63, 3.8) is 0 Å². The highest BCUT2D eigenvalue weighted by Crippen LogP contribution is 2.29. The molecule has 0 bridgehead atoms. The monoisotopic (exact) mass is 272 g/mol. The lowest BCUT2D eigenvalue weighted by atomic mass is 10.0. The van der Waals surface area contributed by atoms with E-state index in [4.69, 9.17) is 4.74 Å². The summed E-state index contributed by atoms with van der Waals surface area (Å²) < 4.78 is 19.4. The number of Topliss-reactive ketones (excluding diaryl/α,β-unsaturated/α-hetero) is 1. The molecule has 20 heavy (non-hydrogen) atoms. The summed E-state index contributed by atoms with van der Waals surface area (Å²) in [6.07, 6.45) is 0. The summed E-state index contributed by atoms with van der Waals surface area (Å²) in [6.45, 7) is 5.59. The molecule has 0 radical (unpaired) electrons. The van der Waals surface area contributed by atoms with E-state index in [-0.39, 0.29) is 17.1 Å². The Balaban J connectivity index is 2.32. The molecule has 0 aromatic heterocycles. The lowest BCUT2D eigenvalue weighted by Gasteiger charge is -2.11. The first-order valence-corrected chi connectivity index (χ1v) is 6.56. The lowest BCUT2D eigenvalue weighted by molar-refractivity contribution is 0.101. The molecule has 0 amide bonds. The summed E-state index contributed by atoms with van der Waals surface area (Å²) in [5, 5.41) is 0. The molecule has 0 fully saturated rings. The SMILES string of the molecule is CC(=O)c1cccc(F)c1Oc1ccc(C(C)C)cc1. The summed E-state index contributed by atoms with van der Waals surface area (Å²) in [7, 11) is 0. The van der Waals surface area contributed by atoms with Crippen LogP contribution in [0.1, 0.15) is 42.6 Å². The van der Waals surface area contributed by atoms with Crippen LogP contribution in [0.25, 0.3) is 0 Å². The van der Waals surface area contributed by atoms with Gasteiger partial charge in [0.15, 0.2) is 17.3 Å². The zero-order valence-electron chi connectivity index (χ0n) is 11.8. The van der Waals surface area contributed by atoms with Crippen LogP contribution in [0.3, 0.4) is 0 Å². The van der Waals surface area contributed by atoms with Gasteiger partial charge in [-0.3, -0.25) is 4.79 Å². The van der Waals surface area contributed by atoms with E-state index in [0.29, 0.717) is 11.7 Å². The van der Waals surface area contributed by atoms with Crippen molar-refractivity contribution < 1.29 is 13.9 Å². The van der Waals surface area contributed by atoms with Crippen LogP contribution in [0.15, 0.2) is 42.5 Å². The van der Waals surface area contributed by atoms with Gasteiger partial charge in [0.2, 0.25) is 0 Å². The van der Waals surface area contributed by atoms with Crippen LogP contribution < -0.4 is 4.74 Å². The van der Waals surface area contributed by atoms with E-state index in [1.54, 1.807) is 18.2 Å². The Morgan fingerprint density at radius 3 is 2.30 bits per heavy atom. The largest absolute Gasteiger partial charge is 0.454 e. The number of carbonyl (C=O) groups is 1. The molecule has 3 heteroatoms. The van der Waals surface area contributed by atoms with Gasteiger partial charge in [-0.1, -0.05) is 32.0 Å².